The molecule has 0 aliphatic heterocycles. The van der Waals surface area contributed by atoms with E-state index in [0.717, 1.165) is 0 Å². The quantitative estimate of drug-likeness (QED) is 0.613. The fraction of sp³-hybridized carbons (Fsp3) is 0.400. The summed E-state index contributed by atoms with van der Waals surface area (Å²) >= 11 is 2.44. The first-order valence-electron chi connectivity index (χ1n) is 4.91. The van der Waals surface area contributed by atoms with Gasteiger partial charge in [-0.25, -0.2) is 18.6 Å². The first-order chi connectivity index (χ1) is 8.70. The van der Waals surface area contributed by atoms with Crippen molar-refractivity contribution >= 4 is 21.9 Å². The monoisotopic (exact) mass is 347 g/mol. The summed E-state index contributed by atoms with van der Waals surface area (Å²) < 4.78 is 66.8. The van der Waals surface area contributed by atoms with Crippen LogP contribution in [0.15, 0.2) is 10.7 Å². The van der Waals surface area contributed by atoms with Crippen molar-refractivity contribution in [2.24, 2.45) is 0 Å². The van der Waals surface area contributed by atoms with Gasteiger partial charge in [0.15, 0.2) is 5.69 Å². The number of alkyl halides is 5. The fourth-order valence-corrected chi connectivity index (χ4v) is 1.95. The highest BCUT2D eigenvalue weighted by Gasteiger charge is 2.37. The Morgan fingerprint density at radius 3 is 2.47 bits per heavy atom. The summed E-state index contributed by atoms with van der Waals surface area (Å²) in [5.74, 6) is -1.20. The minimum atomic E-state index is -4.86. The highest BCUT2D eigenvalue weighted by Crippen LogP contribution is 2.40. The molecule has 0 unspecified atom stereocenters. The Kier molecular flexibility index (Phi) is 4.83. The Morgan fingerprint density at radius 2 is 2.05 bits per heavy atom. The summed E-state index contributed by atoms with van der Waals surface area (Å²) in [5.41, 5.74) is -3.35. The lowest BCUT2D eigenvalue weighted by atomic mass is 10.1. The molecule has 0 N–H and O–H groups in total. The number of ether oxygens (including phenoxy) is 1. The molecule has 0 bridgehead atoms. The molecule has 9 heteroatoms. The Labute approximate surface area is 112 Å². The maximum absolute atomic E-state index is 12.8. The van der Waals surface area contributed by atoms with Gasteiger partial charge >= 0.3 is 12.1 Å². The third-order valence-corrected chi connectivity index (χ3v) is 2.90. The first-order valence-corrected chi connectivity index (χ1v) is 5.70. The van der Waals surface area contributed by atoms with E-state index in [9.17, 15) is 26.7 Å². The van der Waals surface area contributed by atoms with Gasteiger partial charge < -0.3 is 4.74 Å². The van der Waals surface area contributed by atoms with Gasteiger partial charge in [0, 0.05) is 10.7 Å². The highest BCUT2D eigenvalue weighted by atomic mass is 79.9. The van der Waals surface area contributed by atoms with Crippen LogP contribution in [-0.4, -0.2) is 17.6 Å². The SMILES string of the molecule is CCOC(=O)c1ncc(C(F)(F)F)c(Br)c1C(F)F. The largest absolute Gasteiger partial charge is 0.461 e. The van der Waals surface area contributed by atoms with Gasteiger partial charge in [0.05, 0.1) is 17.7 Å². The van der Waals surface area contributed by atoms with Crippen LogP contribution < -0.4 is 0 Å². The van der Waals surface area contributed by atoms with E-state index in [1.54, 1.807) is 0 Å². The average Bonchev–Trinajstić information content (AvgIpc) is 2.26. The lowest BCUT2D eigenvalue weighted by molar-refractivity contribution is -0.138. The topological polar surface area (TPSA) is 39.2 Å². The first kappa shape index (κ1) is 15.8. The molecule has 106 valence electrons. The van der Waals surface area contributed by atoms with Crippen LogP contribution in [-0.2, 0) is 10.9 Å². The second-order valence-corrected chi connectivity index (χ2v) is 4.06. The van der Waals surface area contributed by atoms with E-state index in [0.29, 0.717) is 6.20 Å². The zero-order valence-corrected chi connectivity index (χ0v) is 11.0. The lowest BCUT2D eigenvalue weighted by Gasteiger charge is -2.14. The predicted molar refractivity (Wildman–Crippen MR) is 57.9 cm³/mol. The van der Waals surface area contributed by atoms with E-state index < -0.39 is 39.9 Å². The van der Waals surface area contributed by atoms with Crippen molar-refractivity contribution < 1.29 is 31.5 Å². The second kappa shape index (κ2) is 5.81. The number of pyridine rings is 1. The Bertz CT molecular complexity index is 490. The number of esters is 1. The summed E-state index contributed by atoms with van der Waals surface area (Å²) in [6, 6.07) is 0. The number of aromatic nitrogens is 1. The number of rotatable bonds is 3. The molecule has 0 amide bonds. The number of hydrogen-bond acceptors (Lipinski definition) is 3. The molecule has 0 fully saturated rings. The van der Waals surface area contributed by atoms with Gasteiger partial charge in [-0.05, 0) is 22.9 Å². The van der Waals surface area contributed by atoms with E-state index in [1.165, 1.54) is 6.92 Å². The van der Waals surface area contributed by atoms with Gasteiger partial charge in [-0.2, -0.15) is 13.2 Å². The van der Waals surface area contributed by atoms with Crippen LogP contribution in [0.4, 0.5) is 22.0 Å². The third kappa shape index (κ3) is 3.40. The summed E-state index contributed by atoms with van der Waals surface area (Å²) in [7, 11) is 0. The fourth-order valence-electron chi connectivity index (χ4n) is 1.26. The summed E-state index contributed by atoms with van der Waals surface area (Å²) in [6.45, 7) is 1.32. The Balaban J connectivity index is 3.45. The number of hydrogen-bond donors (Lipinski definition) is 0. The number of nitrogens with zero attached hydrogens (tertiary/aromatic N) is 1. The maximum atomic E-state index is 12.8. The highest BCUT2D eigenvalue weighted by molar-refractivity contribution is 9.10. The van der Waals surface area contributed by atoms with Crippen molar-refractivity contribution in [3.63, 3.8) is 0 Å². The summed E-state index contributed by atoms with van der Waals surface area (Å²) in [5, 5.41) is 0. The number of halogens is 6. The van der Waals surface area contributed by atoms with Gasteiger partial charge in [0.1, 0.15) is 0 Å². The van der Waals surface area contributed by atoms with Crippen LogP contribution in [0.25, 0.3) is 0 Å². The molecule has 1 heterocycles. The van der Waals surface area contributed by atoms with E-state index in [1.807, 2.05) is 0 Å². The summed E-state index contributed by atoms with van der Waals surface area (Å²) in [4.78, 5) is 14.5. The molecule has 0 radical (unpaired) electrons. The molecule has 19 heavy (non-hydrogen) atoms. The zero-order chi connectivity index (χ0) is 14.8. The minimum Gasteiger partial charge on any atom is -0.461 e. The lowest BCUT2D eigenvalue weighted by Crippen LogP contribution is -2.16. The second-order valence-electron chi connectivity index (χ2n) is 3.27. The van der Waals surface area contributed by atoms with Crippen LogP contribution in [0.1, 0.15) is 35.0 Å². The smallest absolute Gasteiger partial charge is 0.418 e. The molecule has 0 atom stereocenters. The molecule has 1 aromatic heterocycles. The molecule has 0 saturated heterocycles. The predicted octanol–water partition coefficient (Wildman–Crippen LogP) is 3.98. The summed E-state index contributed by atoms with van der Waals surface area (Å²) in [6.07, 6.45) is -7.85. The van der Waals surface area contributed by atoms with Gasteiger partial charge in [-0.3, -0.25) is 0 Å². The molecule has 0 saturated carbocycles. The normalized spacial score (nSPS) is 11.8. The molecular weight excluding hydrogens is 341 g/mol. The standard InChI is InChI=1S/C10H7BrF5NO2/c1-2-19-9(18)7-5(8(12)13)6(11)4(3-17-7)10(14,15)16/h3,8H,2H2,1H3. The van der Waals surface area contributed by atoms with Gasteiger partial charge in [-0.15, -0.1) is 0 Å². The van der Waals surface area contributed by atoms with Crippen LogP contribution in [0.2, 0.25) is 0 Å². The van der Waals surface area contributed by atoms with Crippen LogP contribution in [0.5, 0.6) is 0 Å². The van der Waals surface area contributed by atoms with Gasteiger partial charge in [0.25, 0.3) is 6.43 Å². The van der Waals surface area contributed by atoms with Crippen molar-refractivity contribution in [2.75, 3.05) is 6.61 Å². The molecule has 1 rings (SSSR count). The molecule has 1 aromatic rings. The minimum absolute atomic E-state index is 0.109. The van der Waals surface area contributed by atoms with E-state index >= 15 is 0 Å². The van der Waals surface area contributed by atoms with E-state index in [4.69, 9.17) is 0 Å². The van der Waals surface area contributed by atoms with Crippen LogP contribution in [0, 0.1) is 0 Å². The molecular formula is C10H7BrF5NO2. The molecule has 0 aliphatic rings. The maximum Gasteiger partial charge on any atom is 0.418 e. The third-order valence-electron chi connectivity index (χ3n) is 2.04. The zero-order valence-electron chi connectivity index (χ0n) is 9.39. The van der Waals surface area contributed by atoms with Crippen molar-refractivity contribution in [1.29, 1.82) is 0 Å². The molecule has 0 spiro atoms. The van der Waals surface area contributed by atoms with Crippen molar-refractivity contribution in [3.05, 3.63) is 27.5 Å². The molecule has 3 nitrogen and oxygen atoms in total. The van der Waals surface area contributed by atoms with Crippen molar-refractivity contribution in [3.8, 4) is 0 Å². The Morgan fingerprint density at radius 1 is 1.47 bits per heavy atom. The number of carbonyl (C=O) groups excluding carboxylic acids is 1. The van der Waals surface area contributed by atoms with Gasteiger partial charge in [-0.1, -0.05) is 0 Å². The van der Waals surface area contributed by atoms with E-state index in [-0.39, 0.29) is 6.61 Å². The van der Waals surface area contributed by atoms with Crippen molar-refractivity contribution in [2.45, 2.75) is 19.5 Å². The van der Waals surface area contributed by atoms with Crippen molar-refractivity contribution in [1.82, 2.24) is 4.98 Å². The van der Waals surface area contributed by atoms with E-state index in [2.05, 4.69) is 25.7 Å². The molecule has 0 aromatic carbocycles. The number of carbonyl (C=O) groups is 1. The Hall–Kier alpha value is -1.25. The van der Waals surface area contributed by atoms with Crippen LogP contribution in [0.3, 0.4) is 0 Å². The molecule has 0 aliphatic carbocycles. The van der Waals surface area contributed by atoms with Gasteiger partial charge in [0.2, 0.25) is 0 Å². The van der Waals surface area contributed by atoms with Crippen LogP contribution >= 0.6 is 15.9 Å². The average molecular weight is 348 g/mol.